The molecule has 0 saturated heterocycles. The maximum absolute atomic E-state index is 5.66. The van der Waals surface area contributed by atoms with Crippen molar-refractivity contribution in [3.63, 3.8) is 0 Å². The fraction of sp³-hybridized carbons (Fsp3) is 0.538. The predicted octanol–water partition coefficient (Wildman–Crippen LogP) is 3.53. The lowest BCUT2D eigenvalue weighted by molar-refractivity contribution is 0.312. The van der Waals surface area contributed by atoms with E-state index in [1.807, 2.05) is 6.07 Å². The average molecular weight is 286 g/mol. The summed E-state index contributed by atoms with van der Waals surface area (Å²) in [5, 5.41) is 3.35. The highest BCUT2D eigenvalue weighted by Crippen LogP contribution is 2.25. The lowest BCUT2D eigenvalue weighted by atomic mass is 10.2. The molecule has 1 aromatic carbocycles. The second-order valence-electron chi connectivity index (χ2n) is 3.89. The molecule has 0 heterocycles. The van der Waals surface area contributed by atoms with Crippen molar-refractivity contribution in [2.75, 3.05) is 19.7 Å². The lowest BCUT2D eigenvalue weighted by Crippen LogP contribution is -2.22. The molecule has 3 heteroatoms. The Labute approximate surface area is 107 Å². The molecule has 0 aromatic heterocycles. The summed E-state index contributed by atoms with van der Waals surface area (Å²) < 4.78 is 6.69. The Balaban J connectivity index is 2.21. The van der Waals surface area contributed by atoms with Crippen LogP contribution in [0.4, 0.5) is 0 Å². The number of hydrogen-bond donors (Lipinski definition) is 1. The zero-order chi connectivity index (χ0) is 11.8. The van der Waals surface area contributed by atoms with Crippen LogP contribution in [-0.4, -0.2) is 19.7 Å². The number of benzene rings is 1. The second-order valence-corrected chi connectivity index (χ2v) is 4.74. The van der Waals surface area contributed by atoms with Gasteiger partial charge in [0.05, 0.1) is 4.47 Å². The molecule has 0 unspecified atom stereocenters. The SMILES string of the molecule is CCCCNCCOc1ccc(C)cc1Br. The van der Waals surface area contributed by atoms with Gasteiger partial charge in [-0.1, -0.05) is 19.4 Å². The molecule has 0 radical (unpaired) electrons. The molecule has 0 atom stereocenters. The summed E-state index contributed by atoms with van der Waals surface area (Å²) >= 11 is 3.50. The number of ether oxygens (including phenoxy) is 1. The van der Waals surface area contributed by atoms with E-state index in [0.717, 1.165) is 23.3 Å². The topological polar surface area (TPSA) is 21.3 Å². The van der Waals surface area contributed by atoms with Crippen molar-refractivity contribution in [3.8, 4) is 5.75 Å². The van der Waals surface area contributed by atoms with E-state index in [1.165, 1.54) is 18.4 Å². The van der Waals surface area contributed by atoms with Gasteiger partial charge in [0.2, 0.25) is 0 Å². The van der Waals surface area contributed by atoms with Crippen molar-refractivity contribution in [1.82, 2.24) is 5.32 Å². The lowest BCUT2D eigenvalue weighted by Gasteiger charge is -2.09. The van der Waals surface area contributed by atoms with Crippen LogP contribution in [0.2, 0.25) is 0 Å². The molecule has 0 saturated carbocycles. The van der Waals surface area contributed by atoms with Crippen LogP contribution >= 0.6 is 15.9 Å². The zero-order valence-electron chi connectivity index (χ0n) is 10.1. The van der Waals surface area contributed by atoms with Crippen LogP contribution < -0.4 is 10.1 Å². The molecule has 1 N–H and O–H groups in total. The van der Waals surface area contributed by atoms with Gasteiger partial charge in [-0.2, -0.15) is 0 Å². The smallest absolute Gasteiger partial charge is 0.133 e. The van der Waals surface area contributed by atoms with Crippen LogP contribution in [0.5, 0.6) is 5.75 Å². The molecule has 0 aliphatic heterocycles. The monoisotopic (exact) mass is 285 g/mol. The second kappa shape index (κ2) is 7.69. The minimum Gasteiger partial charge on any atom is -0.491 e. The third-order valence-corrected chi connectivity index (χ3v) is 2.95. The first kappa shape index (κ1) is 13.5. The molecular formula is C13H20BrNO. The van der Waals surface area contributed by atoms with Gasteiger partial charge in [-0.3, -0.25) is 0 Å². The first-order valence-corrected chi connectivity index (χ1v) is 6.63. The number of rotatable bonds is 7. The van der Waals surface area contributed by atoms with E-state index in [4.69, 9.17) is 4.74 Å². The number of aryl methyl sites for hydroxylation is 1. The fourth-order valence-electron chi connectivity index (χ4n) is 1.38. The van der Waals surface area contributed by atoms with Gasteiger partial charge in [-0.05, 0) is 53.5 Å². The van der Waals surface area contributed by atoms with Crippen molar-refractivity contribution in [2.45, 2.75) is 26.7 Å². The van der Waals surface area contributed by atoms with Gasteiger partial charge in [0.1, 0.15) is 12.4 Å². The first-order chi connectivity index (χ1) is 7.74. The molecule has 0 fully saturated rings. The largest absolute Gasteiger partial charge is 0.491 e. The van der Waals surface area contributed by atoms with Crippen molar-refractivity contribution >= 4 is 15.9 Å². The molecular weight excluding hydrogens is 266 g/mol. The normalized spacial score (nSPS) is 10.4. The van der Waals surface area contributed by atoms with Gasteiger partial charge in [0.25, 0.3) is 0 Å². The van der Waals surface area contributed by atoms with E-state index < -0.39 is 0 Å². The van der Waals surface area contributed by atoms with Gasteiger partial charge < -0.3 is 10.1 Å². The van der Waals surface area contributed by atoms with E-state index in [-0.39, 0.29) is 0 Å². The number of hydrogen-bond acceptors (Lipinski definition) is 2. The molecule has 0 aliphatic carbocycles. The third kappa shape index (κ3) is 4.99. The highest BCUT2D eigenvalue weighted by atomic mass is 79.9. The standard InChI is InChI=1S/C13H20BrNO/c1-3-4-7-15-8-9-16-13-6-5-11(2)10-12(13)14/h5-6,10,15H,3-4,7-9H2,1-2H3. The van der Waals surface area contributed by atoms with Crippen LogP contribution in [0.25, 0.3) is 0 Å². The third-order valence-electron chi connectivity index (χ3n) is 2.33. The summed E-state index contributed by atoms with van der Waals surface area (Å²) in [4.78, 5) is 0. The molecule has 0 aliphatic rings. The molecule has 1 aromatic rings. The van der Waals surface area contributed by atoms with Crippen molar-refractivity contribution < 1.29 is 4.74 Å². The predicted molar refractivity (Wildman–Crippen MR) is 72.2 cm³/mol. The average Bonchev–Trinajstić information content (AvgIpc) is 2.26. The molecule has 90 valence electrons. The Morgan fingerprint density at radius 1 is 1.31 bits per heavy atom. The number of nitrogens with one attached hydrogen (secondary N) is 1. The highest BCUT2D eigenvalue weighted by Gasteiger charge is 2.00. The molecule has 2 nitrogen and oxygen atoms in total. The van der Waals surface area contributed by atoms with E-state index in [9.17, 15) is 0 Å². The van der Waals surface area contributed by atoms with Crippen molar-refractivity contribution in [1.29, 1.82) is 0 Å². The fourth-order valence-corrected chi connectivity index (χ4v) is 1.99. The summed E-state index contributed by atoms with van der Waals surface area (Å²) in [7, 11) is 0. The zero-order valence-corrected chi connectivity index (χ0v) is 11.6. The Morgan fingerprint density at radius 3 is 2.81 bits per heavy atom. The number of unbranched alkanes of at least 4 members (excludes halogenated alkanes) is 1. The van der Waals surface area contributed by atoms with Crippen LogP contribution in [0, 0.1) is 6.92 Å². The van der Waals surface area contributed by atoms with Crippen LogP contribution in [0.15, 0.2) is 22.7 Å². The molecule has 1 rings (SSSR count). The van der Waals surface area contributed by atoms with Crippen LogP contribution in [-0.2, 0) is 0 Å². The summed E-state index contributed by atoms with van der Waals surface area (Å²) in [6.07, 6.45) is 2.46. The van der Waals surface area contributed by atoms with Gasteiger partial charge in [-0.15, -0.1) is 0 Å². The molecule has 16 heavy (non-hydrogen) atoms. The van der Waals surface area contributed by atoms with Gasteiger partial charge >= 0.3 is 0 Å². The van der Waals surface area contributed by atoms with E-state index in [0.29, 0.717) is 6.61 Å². The first-order valence-electron chi connectivity index (χ1n) is 5.83. The molecule has 0 bridgehead atoms. The quantitative estimate of drug-likeness (QED) is 0.774. The number of halogens is 1. The van der Waals surface area contributed by atoms with Crippen molar-refractivity contribution in [2.24, 2.45) is 0 Å². The summed E-state index contributed by atoms with van der Waals surface area (Å²) in [6.45, 7) is 6.96. The van der Waals surface area contributed by atoms with E-state index in [1.54, 1.807) is 0 Å². The minimum absolute atomic E-state index is 0.714. The van der Waals surface area contributed by atoms with E-state index in [2.05, 4.69) is 47.2 Å². The van der Waals surface area contributed by atoms with Crippen LogP contribution in [0.1, 0.15) is 25.3 Å². The molecule has 0 spiro atoms. The Hall–Kier alpha value is -0.540. The Morgan fingerprint density at radius 2 is 2.12 bits per heavy atom. The Bertz CT molecular complexity index is 315. The van der Waals surface area contributed by atoms with Crippen LogP contribution in [0.3, 0.4) is 0 Å². The Kier molecular flexibility index (Phi) is 6.50. The summed E-state index contributed by atoms with van der Waals surface area (Å²) in [5.41, 5.74) is 1.24. The summed E-state index contributed by atoms with van der Waals surface area (Å²) in [5.74, 6) is 0.919. The van der Waals surface area contributed by atoms with Gasteiger partial charge in [-0.25, -0.2) is 0 Å². The molecule has 0 amide bonds. The van der Waals surface area contributed by atoms with Gasteiger partial charge in [0.15, 0.2) is 0 Å². The summed E-state index contributed by atoms with van der Waals surface area (Å²) in [6, 6.07) is 6.13. The maximum atomic E-state index is 5.66. The van der Waals surface area contributed by atoms with E-state index >= 15 is 0 Å². The highest BCUT2D eigenvalue weighted by molar-refractivity contribution is 9.10. The maximum Gasteiger partial charge on any atom is 0.133 e. The van der Waals surface area contributed by atoms with Gasteiger partial charge in [0, 0.05) is 6.54 Å². The minimum atomic E-state index is 0.714. The van der Waals surface area contributed by atoms with Crippen molar-refractivity contribution in [3.05, 3.63) is 28.2 Å².